The van der Waals surface area contributed by atoms with Crippen molar-refractivity contribution < 1.29 is 23.0 Å². The second-order valence-corrected chi connectivity index (χ2v) is 7.99. The van der Waals surface area contributed by atoms with Crippen molar-refractivity contribution in [3.63, 3.8) is 0 Å². The number of pyridine rings is 1. The third kappa shape index (κ3) is 4.24. The van der Waals surface area contributed by atoms with Crippen LogP contribution in [0.25, 0.3) is 22.2 Å². The van der Waals surface area contributed by atoms with Crippen LogP contribution in [0.4, 0.5) is 20.4 Å². The van der Waals surface area contributed by atoms with Crippen molar-refractivity contribution in [1.82, 2.24) is 24.5 Å². The largest absolute Gasteiger partial charge is 0.586 e. The molecule has 1 N–H and O–H groups in total. The molecule has 0 unspecified atom stereocenters. The molecule has 12 heteroatoms. The Morgan fingerprint density at radius 3 is 2.49 bits per heavy atom. The molecule has 5 aromatic rings. The van der Waals surface area contributed by atoms with Crippen LogP contribution < -0.4 is 25.1 Å². The van der Waals surface area contributed by atoms with Gasteiger partial charge in [0, 0.05) is 25.0 Å². The van der Waals surface area contributed by atoms with Gasteiger partial charge in [-0.1, -0.05) is 18.2 Å². The zero-order valence-electron chi connectivity index (χ0n) is 19.1. The standard InChI is InChI=1S/C25H16F2N6O4/c1-33-23(34)17(12-29-24(33)32-14-5-3-2-4-6-14)18-8-7-15(11-28-18)35-22-16-9-20-21(37-25(26,27)36-20)10-19(16)30-13-31-22/h2-13H,1H3,(H,29,32). The van der Waals surface area contributed by atoms with E-state index in [2.05, 4.69) is 34.7 Å². The second kappa shape index (κ2) is 8.52. The van der Waals surface area contributed by atoms with Crippen molar-refractivity contribution in [3.05, 3.63) is 83.7 Å². The number of benzene rings is 2. The van der Waals surface area contributed by atoms with E-state index in [-0.39, 0.29) is 22.9 Å². The molecule has 0 saturated heterocycles. The molecule has 0 aliphatic carbocycles. The Hall–Kier alpha value is -5.13. The molecular formula is C25H16F2N6O4. The van der Waals surface area contributed by atoms with Gasteiger partial charge in [-0.3, -0.25) is 14.3 Å². The van der Waals surface area contributed by atoms with Crippen molar-refractivity contribution in [3.8, 4) is 34.4 Å². The molecule has 1 aliphatic rings. The van der Waals surface area contributed by atoms with Gasteiger partial charge < -0.3 is 19.5 Å². The molecule has 6 rings (SSSR count). The van der Waals surface area contributed by atoms with E-state index in [1.54, 1.807) is 19.2 Å². The second-order valence-electron chi connectivity index (χ2n) is 7.99. The highest BCUT2D eigenvalue weighted by Gasteiger charge is 2.43. The molecule has 2 aromatic carbocycles. The van der Waals surface area contributed by atoms with E-state index in [4.69, 9.17) is 4.74 Å². The van der Waals surface area contributed by atoms with Crippen molar-refractivity contribution in [2.45, 2.75) is 6.29 Å². The summed E-state index contributed by atoms with van der Waals surface area (Å²) in [5.41, 5.74) is 1.53. The summed E-state index contributed by atoms with van der Waals surface area (Å²) in [5, 5.41) is 3.44. The maximum absolute atomic E-state index is 13.4. The highest BCUT2D eigenvalue weighted by molar-refractivity contribution is 5.87. The van der Waals surface area contributed by atoms with E-state index < -0.39 is 6.29 Å². The fourth-order valence-corrected chi connectivity index (χ4v) is 3.76. The highest BCUT2D eigenvalue weighted by Crippen LogP contribution is 2.44. The summed E-state index contributed by atoms with van der Waals surface area (Å²) in [7, 11) is 1.61. The van der Waals surface area contributed by atoms with Gasteiger partial charge in [-0.2, -0.15) is 0 Å². The number of aromatic nitrogens is 5. The summed E-state index contributed by atoms with van der Waals surface area (Å²) in [6.45, 7) is 0. The Morgan fingerprint density at radius 2 is 1.73 bits per heavy atom. The fourth-order valence-electron chi connectivity index (χ4n) is 3.76. The quantitative estimate of drug-likeness (QED) is 0.367. The Morgan fingerprint density at radius 1 is 0.946 bits per heavy atom. The van der Waals surface area contributed by atoms with Crippen LogP contribution in [-0.4, -0.2) is 30.8 Å². The smallest absolute Gasteiger partial charge is 0.437 e. The van der Waals surface area contributed by atoms with Crippen molar-refractivity contribution >= 4 is 22.5 Å². The zero-order valence-corrected chi connectivity index (χ0v) is 19.1. The number of fused-ring (bicyclic) bond motifs is 2. The average Bonchev–Trinajstić information content (AvgIpc) is 3.20. The molecule has 0 atom stereocenters. The van der Waals surface area contributed by atoms with Crippen LogP contribution in [0, 0.1) is 0 Å². The average molecular weight is 502 g/mol. The molecule has 0 bridgehead atoms. The lowest BCUT2D eigenvalue weighted by atomic mass is 10.2. The number of nitrogens with zero attached hydrogens (tertiary/aromatic N) is 5. The summed E-state index contributed by atoms with van der Waals surface area (Å²) in [5.74, 6) is 0.510. The minimum Gasteiger partial charge on any atom is -0.437 e. The number of anilines is 2. The van der Waals surface area contributed by atoms with E-state index in [0.717, 1.165) is 5.69 Å². The zero-order chi connectivity index (χ0) is 25.6. The SMILES string of the molecule is Cn1c(Nc2ccccc2)ncc(-c2ccc(Oc3ncnc4cc5c(cc34)OC(F)(F)O5)cn2)c1=O. The Kier molecular flexibility index (Phi) is 5.14. The Balaban J connectivity index is 1.26. The Labute approximate surface area is 207 Å². The molecule has 1 aliphatic heterocycles. The predicted octanol–water partition coefficient (Wildman–Crippen LogP) is 4.64. The van der Waals surface area contributed by atoms with Crippen LogP contribution in [0.3, 0.4) is 0 Å². The van der Waals surface area contributed by atoms with Crippen LogP contribution in [0.1, 0.15) is 0 Å². The van der Waals surface area contributed by atoms with E-state index >= 15 is 0 Å². The number of rotatable bonds is 5. The van der Waals surface area contributed by atoms with Gasteiger partial charge in [0.15, 0.2) is 11.5 Å². The molecule has 37 heavy (non-hydrogen) atoms. The highest BCUT2D eigenvalue weighted by atomic mass is 19.3. The lowest BCUT2D eigenvalue weighted by molar-refractivity contribution is -0.286. The predicted molar refractivity (Wildman–Crippen MR) is 128 cm³/mol. The number of ether oxygens (including phenoxy) is 3. The maximum Gasteiger partial charge on any atom is 0.586 e. The third-order valence-corrected chi connectivity index (χ3v) is 5.55. The van der Waals surface area contributed by atoms with Gasteiger partial charge in [-0.25, -0.2) is 15.0 Å². The molecule has 10 nitrogen and oxygen atoms in total. The number of hydrogen-bond acceptors (Lipinski definition) is 9. The van der Waals surface area contributed by atoms with Gasteiger partial charge in [0.1, 0.15) is 12.1 Å². The maximum atomic E-state index is 13.4. The summed E-state index contributed by atoms with van der Waals surface area (Å²) < 4.78 is 43.1. The van der Waals surface area contributed by atoms with Crippen molar-refractivity contribution in [2.75, 3.05) is 5.32 Å². The first-order chi connectivity index (χ1) is 17.9. The van der Waals surface area contributed by atoms with E-state index in [1.165, 1.54) is 35.4 Å². The van der Waals surface area contributed by atoms with Crippen LogP contribution in [0.5, 0.6) is 23.1 Å². The first-order valence-corrected chi connectivity index (χ1v) is 10.9. The fraction of sp³-hybridized carbons (Fsp3) is 0.0800. The summed E-state index contributed by atoms with van der Waals surface area (Å²) in [4.78, 5) is 29.8. The van der Waals surface area contributed by atoms with E-state index in [0.29, 0.717) is 33.9 Å². The van der Waals surface area contributed by atoms with Gasteiger partial charge >= 0.3 is 6.29 Å². The lowest BCUT2D eigenvalue weighted by Crippen LogP contribution is -2.25. The molecule has 4 heterocycles. The van der Waals surface area contributed by atoms with Crippen LogP contribution in [-0.2, 0) is 7.05 Å². The third-order valence-electron chi connectivity index (χ3n) is 5.55. The van der Waals surface area contributed by atoms with Gasteiger partial charge in [-0.15, -0.1) is 8.78 Å². The lowest BCUT2D eigenvalue weighted by Gasteiger charge is -2.11. The summed E-state index contributed by atoms with van der Waals surface area (Å²) >= 11 is 0. The number of alkyl halides is 2. The summed E-state index contributed by atoms with van der Waals surface area (Å²) in [6.07, 6.45) is 0.350. The molecule has 0 fully saturated rings. The van der Waals surface area contributed by atoms with Crippen LogP contribution >= 0.6 is 0 Å². The molecule has 0 spiro atoms. The minimum atomic E-state index is -3.75. The van der Waals surface area contributed by atoms with Crippen LogP contribution in [0.15, 0.2) is 78.1 Å². The monoisotopic (exact) mass is 502 g/mol. The number of nitrogens with one attached hydrogen (secondary N) is 1. The molecule has 0 amide bonds. The number of para-hydroxylation sites is 1. The Bertz CT molecular complexity index is 1690. The van der Waals surface area contributed by atoms with Gasteiger partial charge in [-0.05, 0) is 30.3 Å². The van der Waals surface area contributed by atoms with E-state index in [9.17, 15) is 13.6 Å². The van der Waals surface area contributed by atoms with Gasteiger partial charge in [0.25, 0.3) is 5.56 Å². The number of halogens is 2. The van der Waals surface area contributed by atoms with Crippen molar-refractivity contribution in [1.29, 1.82) is 0 Å². The topological polar surface area (TPSA) is 113 Å². The molecule has 0 radical (unpaired) electrons. The normalized spacial score (nSPS) is 13.5. The molecule has 0 saturated carbocycles. The first-order valence-electron chi connectivity index (χ1n) is 10.9. The summed E-state index contributed by atoms with van der Waals surface area (Å²) in [6, 6.07) is 15.2. The van der Waals surface area contributed by atoms with Gasteiger partial charge in [0.05, 0.1) is 28.4 Å². The first kappa shape index (κ1) is 22.3. The minimum absolute atomic E-state index is 0.107. The van der Waals surface area contributed by atoms with Crippen molar-refractivity contribution in [2.24, 2.45) is 7.05 Å². The van der Waals surface area contributed by atoms with E-state index in [1.807, 2.05) is 30.3 Å². The van der Waals surface area contributed by atoms with Gasteiger partial charge in [0.2, 0.25) is 11.8 Å². The molecule has 3 aromatic heterocycles. The van der Waals surface area contributed by atoms with Crippen LogP contribution in [0.2, 0.25) is 0 Å². The molecular weight excluding hydrogens is 486 g/mol. The number of hydrogen-bond donors (Lipinski definition) is 1. The molecule has 184 valence electrons.